The molecule has 0 spiro atoms. The minimum atomic E-state index is -0.437. The molecule has 0 aliphatic heterocycles. The molecule has 17 heavy (non-hydrogen) atoms. The van der Waals surface area contributed by atoms with Gasteiger partial charge in [-0.2, -0.15) is 0 Å². The second-order valence-electron chi connectivity index (χ2n) is 4.12. The van der Waals surface area contributed by atoms with Gasteiger partial charge in [0, 0.05) is 6.07 Å². The third-order valence-corrected chi connectivity index (χ3v) is 3.98. The molecule has 1 aromatic rings. The van der Waals surface area contributed by atoms with Crippen LogP contribution in [0.2, 0.25) is 0 Å². The minimum Gasteiger partial charge on any atom is -0.397 e. The standard InChI is InChI=1S/C12H18FIN2O/c1-3-12(4-2,7-17)16-11-5-8(13)9(14)6-10(11)15/h5-6,16-17H,3-4,7,15H2,1-2H3. The topological polar surface area (TPSA) is 58.3 Å². The second-order valence-corrected chi connectivity index (χ2v) is 5.29. The minimum absolute atomic E-state index is 0.00690. The fourth-order valence-corrected chi connectivity index (χ4v) is 2.14. The fraction of sp³-hybridized carbons (Fsp3) is 0.500. The number of nitrogen functional groups attached to an aromatic ring is 1. The summed E-state index contributed by atoms with van der Waals surface area (Å²) in [5.41, 5.74) is 6.45. The van der Waals surface area contributed by atoms with Gasteiger partial charge in [0.2, 0.25) is 0 Å². The molecule has 3 nitrogen and oxygen atoms in total. The maximum atomic E-state index is 13.5. The Morgan fingerprint density at radius 2 is 2.00 bits per heavy atom. The summed E-state index contributed by atoms with van der Waals surface area (Å²) in [5, 5.41) is 12.6. The maximum absolute atomic E-state index is 13.5. The zero-order valence-corrected chi connectivity index (χ0v) is 12.2. The lowest BCUT2D eigenvalue weighted by atomic mass is 9.93. The molecule has 0 heterocycles. The van der Waals surface area contributed by atoms with E-state index in [0.29, 0.717) is 14.9 Å². The van der Waals surface area contributed by atoms with Crippen molar-refractivity contribution in [1.82, 2.24) is 0 Å². The molecule has 1 aromatic carbocycles. The van der Waals surface area contributed by atoms with Crippen molar-refractivity contribution in [2.24, 2.45) is 0 Å². The number of rotatable bonds is 5. The number of anilines is 2. The zero-order valence-electron chi connectivity index (χ0n) is 10.1. The SMILES string of the molecule is CCC(CC)(CO)Nc1cc(F)c(I)cc1N. The normalized spacial score (nSPS) is 11.6. The van der Waals surface area contributed by atoms with Crippen LogP contribution in [0.15, 0.2) is 12.1 Å². The van der Waals surface area contributed by atoms with Crippen molar-refractivity contribution in [2.75, 3.05) is 17.7 Å². The van der Waals surface area contributed by atoms with Crippen LogP contribution in [0, 0.1) is 9.39 Å². The van der Waals surface area contributed by atoms with E-state index in [-0.39, 0.29) is 12.4 Å². The highest BCUT2D eigenvalue weighted by molar-refractivity contribution is 14.1. The van der Waals surface area contributed by atoms with Crippen LogP contribution in [-0.2, 0) is 0 Å². The van der Waals surface area contributed by atoms with Gasteiger partial charge in [0.25, 0.3) is 0 Å². The summed E-state index contributed by atoms with van der Waals surface area (Å²) in [6, 6.07) is 2.97. The molecule has 0 aliphatic rings. The monoisotopic (exact) mass is 352 g/mol. The number of halogens is 2. The fourth-order valence-electron chi connectivity index (χ4n) is 1.65. The lowest BCUT2D eigenvalue weighted by Crippen LogP contribution is -2.41. The molecule has 0 fully saturated rings. The summed E-state index contributed by atoms with van der Waals surface area (Å²) in [5.74, 6) is -0.304. The Morgan fingerprint density at radius 1 is 1.41 bits per heavy atom. The van der Waals surface area contributed by atoms with Crippen LogP contribution < -0.4 is 11.1 Å². The van der Waals surface area contributed by atoms with Crippen molar-refractivity contribution in [3.8, 4) is 0 Å². The highest BCUT2D eigenvalue weighted by Gasteiger charge is 2.25. The number of nitrogens with two attached hydrogens (primary N) is 1. The van der Waals surface area contributed by atoms with Crippen molar-refractivity contribution < 1.29 is 9.50 Å². The van der Waals surface area contributed by atoms with E-state index in [1.165, 1.54) is 6.07 Å². The van der Waals surface area contributed by atoms with Crippen LogP contribution in [-0.4, -0.2) is 17.3 Å². The lowest BCUT2D eigenvalue weighted by Gasteiger charge is -2.32. The van der Waals surface area contributed by atoms with Crippen LogP contribution in [0.3, 0.4) is 0 Å². The van der Waals surface area contributed by atoms with Gasteiger partial charge in [-0.25, -0.2) is 4.39 Å². The number of nitrogens with one attached hydrogen (secondary N) is 1. The smallest absolute Gasteiger partial charge is 0.138 e. The molecule has 0 radical (unpaired) electrons. The van der Waals surface area contributed by atoms with Crippen molar-refractivity contribution in [2.45, 2.75) is 32.2 Å². The molecule has 0 aromatic heterocycles. The largest absolute Gasteiger partial charge is 0.397 e. The van der Waals surface area contributed by atoms with Crippen LogP contribution in [0.1, 0.15) is 26.7 Å². The molecule has 5 heteroatoms. The first-order valence-electron chi connectivity index (χ1n) is 5.61. The quantitative estimate of drug-likeness (QED) is 0.564. The second kappa shape index (κ2) is 5.86. The third-order valence-electron chi connectivity index (χ3n) is 3.15. The first kappa shape index (κ1) is 14.5. The molecule has 96 valence electrons. The highest BCUT2D eigenvalue weighted by Crippen LogP contribution is 2.29. The van der Waals surface area contributed by atoms with E-state index >= 15 is 0 Å². The van der Waals surface area contributed by atoms with Gasteiger partial charge in [0.05, 0.1) is 27.1 Å². The van der Waals surface area contributed by atoms with Crippen LogP contribution in [0.5, 0.6) is 0 Å². The van der Waals surface area contributed by atoms with E-state index in [0.717, 1.165) is 12.8 Å². The van der Waals surface area contributed by atoms with E-state index in [4.69, 9.17) is 5.73 Å². The molecule has 0 amide bonds. The molecule has 0 atom stereocenters. The third kappa shape index (κ3) is 3.22. The molecule has 0 saturated heterocycles. The Labute approximate surface area is 115 Å². The van der Waals surface area contributed by atoms with E-state index in [1.807, 2.05) is 36.4 Å². The van der Waals surface area contributed by atoms with E-state index in [2.05, 4.69) is 5.32 Å². The lowest BCUT2D eigenvalue weighted by molar-refractivity contribution is 0.202. The molecular weight excluding hydrogens is 334 g/mol. The molecule has 0 saturated carbocycles. The molecule has 0 unspecified atom stereocenters. The summed E-state index contributed by atoms with van der Waals surface area (Å²) in [6.45, 7) is 3.95. The molecule has 4 N–H and O–H groups in total. The summed E-state index contributed by atoms with van der Waals surface area (Å²) in [7, 11) is 0. The molecule has 0 bridgehead atoms. The Balaban J connectivity index is 3.05. The summed E-state index contributed by atoms with van der Waals surface area (Å²) >= 11 is 1.90. The van der Waals surface area contributed by atoms with Gasteiger partial charge < -0.3 is 16.2 Å². The number of aliphatic hydroxyl groups is 1. The van der Waals surface area contributed by atoms with Crippen molar-refractivity contribution >= 4 is 34.0 Å². The highest BCUT2D eigenvalue weighted by atomic mass is 127. The number of hydrogen-bond acceptors (Lipinski definition) is 3. The Morgan fingerprint density at radius 3 is 2.47 bits per heavy atom. The summed E-state index contributed by atoms with van der Waals surface area (Å²) in [4.78, 5) is 0. The first-order valence-corrected chi connectivity index (χ1v) is 6.69. The predicted molar refractivity (Wildman–Crippen MR) is 77.6 cm³/mol. The summed E-state index contributed by atoms with van der Waals surface area (Å²) in [6.07, 6.45) is 1.49. The van der Waals surface area contributed by atoms with Crippen LogP contribution in [0.25, 0.3) is 0 Å². The van der Waals surface area contributed by atoms with Gasteiger partial charge in [-0.1, -0.05) is 13.8 Å². The van der Waals surface area contributed by atoms with Gasteiger partial charge in [0.1, 0.15) is 5.82 Å². The van der Waals surface area contributed by atoms with E-state index < -0.39 is 5.54 Å². The number of hydrogen-bond donors (Lipinski definition) is 3. The van der Waals surface area contributed by atoms with Gasteiger partial charge in [-0.3, -0.25) is 0 Å². The van der Waals surface area contributed by atoms with E-state index in [1.54, 1.807) is 6.07 Å². The molecule has 0 aliphatic carbocycles. The van der Waals surface area contributed by atoms with Gasteiger partial charge in [0.15, 0.2) is 0 Å². The maximum Gasteiger partial charge on any atom is 0.138 e. The average Bonchev–Trinajstić information content (AvgIpc) is 2.33. The Kier molecular flexibility index (Phi) is 5.00. The van der Waals surface area contributed by atoms with Gasteiger partial charge in [-0.15, -0.1) is 0 Å². The number of aliphatic hydroxyl groups excluding tert-OH is 1. The van der Waals surface area contributed by atoms with Crippen molar-refractivity contribution in [3.05, 3.63) is 21.5 Å². The van der Waals surface area contributed by atoms with Crippen LogP contribution in [0.4, 0.5) is 15.8 Å². The summed E-state index contributed by atoms with van der Waals surface area (Å²) < 4.78 is 14.0. The number of benzene rings is 1. The van der Waals surface area contributed by atoms with Crippen LogP contribution >= 0.6 is 22.6 Å². The molecule has 1 rings (SSSR count). The predicted octanol–water partition coefficient (Wildman–Crippen LogP) is 2.98. The van der Waals surface area contributed by atoms with Crippen molar-refractivity contribution in [3.63, 3.8) is 0 Å². The first-order chi connectivity index (χ1) is 7.98. The van der Waals surface area contributed by atoms with Gasteiger partial charge in [-0.05, 0) is 41.5 Å². The average molecular weight is 352 g/mol. The van der Waals surface area contributed by atoms with E-state index in [9.17, 15) is 9.50 Å². The van der Waals surface area contributed by atoms with Gasteiger partial charge >= 0.3 is 0 Å². The molecular formula is C12H18FIN2O. The zero-order chi connectivity index (χ0) is 13.1. The van der Waals surface area contributed by atoms with Crippen molar-refractivity contribution in [1.29, 1.82) is 0 Å². The Hall–Kier alpha value is -0.560. The Bertz CT molecular complexity index is 386.